The molecule has 6 nitrogen and oxygen atoms in total. The lowest BCUT2D eigenvalue weighted by molar-refractivity contribution is -0.129. The highest BCUT2D eigenvalue weighted by Crippen LogP contribution is 2.30. The zero-order valence-corrected chi connectivity index (χ0v) is 19.9. The normalized spacial score (nSPS) is 13.9. The number of rotatable bonds is 4. The Kier molecular flexibility index (Phi) is 5.88. The average Bonchev–Trinajstić information content (AvgIpc) is 2.84. The highest BCUT2D eigenvalue weighted by atomic mass is 16.2. The third-order valence-electron chi connectivity index (χ3n) is 6.56. The van der Waals surface area contributed by atoms with Crippen molar-refractivity contribution in [1.82, 2.24) is 14.9 Å². The molecule has 6 heteroatoms. The number of aromatic nitrogens is 2. The molecule has 4 aromatic rings. The maximum absolute atomic E-state index is 11.5. The molecule has 0 aliphatic carbocycles. The molecule has 1 saturated heterocycles. The first-order valence-corrected chi connectivity index (χ1v) is 11.7. The van der Waals surface area contributed by atoms with Crippen molar-refractivity contribution < 1.29 is 4.79 Å². The molecule has 0 bridgehead atoms. The quantitative estimate of drug-likeness (QED) is 0.455. The molecule has 34 heavy (non-hydrogen) atoms. The Morgan fingerprint density at radius 1 is 0.912 bits per heavy atom. The molecule has 0 radical (unpaired) electrons. The summed E-state index contributed by atoms with van der Waals surface area (Å²) in [4.78, 5) is 25.0. The number of carbonyl (C=O) groups excluding carboxylic acids is 1. The highest BCUT2D eigenvalue weighted by molar-refractivity contribution is 5.86. The number of hydrogen-bond donors (Lipinski definition) is 1. The summed E-state index contributed by atoms with van der Waals surface area (Å²) in [7, 11) is 0. The van der Waals surface area contributed by atoms with Gasteiger partial charge < -0.3 is 15.1 Å². The third kappa shape index (κ3) is 4.44. The zero-order valence-electron chi connectivity index (χ0n) is 19.9. The van der Waals surface area contributed by atoms with Crippen LogP contribution in [0.25, 0.3) is 22.0 Å². The van der Waals surface area contributed by atoms with Crippen molar-refractivity contribution >= 4 is 34.1 Å². The standard InChI is InChI=1S/C28H29N5O/c1-19-5-4-6-20(2)27(19)22-7-12-26-23(17-22)18-29-28(31-26)30-24-8-10-25(11-9-24)33-15-13-32(14-16-33)21(3)34/h4-12,17-18H,13-16H2,1-3H3,(H,29,30,31). The molecule has 2 heterocycles. The maximum atomic E-state index is 11.5. The van der Waals surface area contributed by atoms with E-state index in [1.165, 1.54) is 22.3 Å². The van der Waals surface area contributed by atoms with Gasteiger partial charge in [-0.3, -0.25) is 4.79 Å². The van der Waals surface area contributed by atoms with Crippen LogP contribution in [-0.4, -0.2) is 47.0 Å². The van der Waals surface area contributed by atoms with Crippen LogP contribution >= 0.6 is 0 Å². The Bertz CT molecular complexity index is 1320. The number of nitrogens with zero attached hydrogens (tertiary/aromatic N) is 4. The summed E-state index contributed by atoms with van der Waals surface area (Å²) in [5.74, 6) is 0.728. The van der Waals surface area contributed by atoms with E-state index >= 15 is 0 Å². The van der Waals surface area contributed by atoms with E-state index in [9.17, 15) is 4.79 Å². The first-order valence-electron chi connectivity index (χ1n) is 11.7. The predicted octanol–water partition coefficient (Wildman–Crippen LogP) is 5.33. The summed E-state index contributed by atoms with van der Waals surface area (Å²) in [5, 5.41) is 4.34. The Morgan fingerprint density at radius 2 is 1.62 bits per heavy atom. The summed E-state index contributed by atoms with van der Waals surface area (Å²) in [5.41, 5.74) is 8.00. The van der Waals surface area contributed by atoms with Crippen LogP contribution in [0.1, 0.15) is 18.1 Å². The summed E-state index contributed by atoms with van der Waals surface area (Å²) in [6, 6.07) is 21.0. The fourth-order valence-corrected chi connectivity index (χ4v) is 4.68. The van der Waals surface area contributed by atoms with Crippen molar-refractivity contribution in [2.75, 3.05) is 36.4 Å². The molecule has 0 unspecified atom stereocenters. The van der Waals surface area contributed by atoms with Gasteiger partial charge in [0.1, 0.15) is 0 Å². The minimum absolute atomic E-state index is 0.149. The lowest BCUT2D eigenvalue weighted by atomic mass is 9.95. The van der Waals surface area contributed by atoms with Crippen LogP contribution in [0, 0.1) is 13.8 Å². The molecule has 1 aliphatic rings. The highest BCUT2D eigenvalue weighted by Gasteiger charge is 2.18. The van der Waals surface area contributed by atoms with Gasteiger partial charge in [-0.25, -0.2) is 9.97 Å². The van der Waals surface area contributed by atoms with E-state index in [-0.39, 0.29) is 5.91 Å². The van der Waals surface area contributed by atoms with Gasteiger partial charge in [0.2, 0.25) is 11.9 Å². The lowest BCUT2D eigenvalue weighted by Gasteiger charge is -2.35. The lowest BCUT2D eigenvalue weighted by Crippen LogP contribution is -2.48. The number of carbonyl (C=O) groups is 1. The topological polar surface area (TPSA) is 61.4 Å². The minimum atomic E-state index is 0.149. The summed E-state index contributed by atoms with van der Waals surface area (Å²) in [6.45, 7) is 9.17. The second kappa shape index (κ2) is 9.14. The summed E-state index contributed by atoms with van der Waals surface area (Å²) in [6.07, 6.45) is 1.88. The van der Waals surface area contributed by atoms with Gasteiger partial charge in [0.25, 0.3) is 0 Å². The number of piperazine rings is 1. The van der Waals surface area contributed by atoms with Crippen molar-refractivity contribution in [3.8, 4) is 11.1 Å². The molecule has 1 N–H and O–H groups in total. The van der Waals surface area contributed by atoms with E-state index < -0.39 is 0 Å². The Labute approximate surface area is 200 Å². The first kappa shape index (κ1) is 21.9. The fourth-order valence-electron chi connectivity index (χ4n) is 4.68. The molecule has 0 spiro atoms. The van der Waals surface area contributed by atoms with Crippen LogP contribution in [0.5, 0.6) is 0 Å². The van der Waals surface area contributed by atoms with Gasteiger partial charge in [0.15, 0.2) is 0 Å². The average molecular weight is 452 g/mol. The van der Waals surface area contributed by atoms with Crippen LogP contribution in [-0.2, 0) is 4.79 Å². The van der Waals surface area contributed by atoms with Crippen LogP contribution in [0.3, 0.4) is 0 Å². The Morgan fingerprint density at radius 3 is 2.29 bits per heavy atom. The monoisotopic (exact) mass is 451 g/mol. The Hall–Kier alpha value is -3.93. The number of hydrogen-bond acceptors (Lipinski definition) is 5. The number of anilines is 3. The molecule has 1 aromatic heterocycles. The first-order chi connectivity index (χ1) is 16.5. The third-order valence-corrected chi connectivity index (χ3v) is 6.56. The molecule has 0 atom stereocenters. The number of fused-ring (bicyclic) bond motifs is 1. The van der Waals surface area contributed by atoms with Gasteiger partial charge >= 0.3 is 0 Å². The van der Waals surface area contributed by atoms with Gasteiger partial charge in [-0.2, -0.15) is 0 Å². The van der Waals surface area contributed by atoms with Crippen molar-refractivity contribution in [1.29, 1.82) is 0 Å². The van der Waals surface area contributed by atoms with Crippen LogP contribution in [0.4, 0.5) is 17.3 Å². The second-order valence-corrected chi connectivity index (χ2v) is 8.90. The summed E-state index contributed by atoms with van der Waals surface area (Å²) < 4.78 is 0. The fraction of sp³-hybridized carbons (Fsp3) is 0.250. The van der Waals surface area contributed by atoms with Gasteiger partial charge in [0.05, 0.1) is 5.52 Å². The molecule has 1 amide bonds. The largest absolute Gasteiger partial charge is 0.368 e. The molecule has 1 aliphatic heterocycles. The molecule has 3 aromatic carbocycles. The summed E-state index contributed by atoms with van der Waals surface area (Å²) >= 11 is 0. The molecule has 0 saturated carbocycles. The number of benzene rings is 3. The molecule has 172 valence electrons. The SMILES string of the molecule is CC(=O)N1CCN(c2ccc(Nc3ncc4cc(-c5c(C)cccc5C)ccc4n3)cc2)CC1. The van der Waals surface area contributed by atoms with Crippen LogP contribution in [0.15, 0.2) is 66.9 Å². The smallest absolute Gasteiger partial charge is 0.227 e. The van der Waals surface area contributed by atoms with E-state index in [4.69, 9.17) is 4.98 Å². The van der Waals surface area contributed by atoms with E-state index in [1.54, 1.807) is 6.92 Å². The maximum Gasteiger partial charge on any atom is 0.227 e. The van der Waals surface area contributed by atoms with Crippen molar-refractivity contribution in [2.24, 2.45) is 0 Å². The van der Waals surface area contributed by atoms with E-state index in [0.29, 0.717) is 5.95 Å². The molecular weight excluding hydrogens is 422 g/mol. The van der Waals surface area contributed by atoms with E-state index in [1.807, 2.05) is 23.2 Å². The van der Waals surface area contributed by atoms with Crippen molar-refractivity contribution in [3.05, 3.63) is 78.0 Å². The minimum Gasteiger partial charge on any atom is -0.368 e. The zero-order chi connectivity index (χ0) is 23.7. The number of nitrogens with one attached hydrogen (secondary N) is 1. The van der Waals surface area contributed by atoms with E-state index in [2.05, 4.69) is 77.6 Å². The predicted molar refractivity (Wildman–Crippen MR) is 139 cm³/mol. The van der Waals surface area contributed by atoms with Gasteiger partial charge in [0, 0.05) is 56.1 Å². The Balaban J connectivity index is 1.30. The van der Waals surface area contributed by atoms with Gasteiger partial charge in [-0.1, -0.05) is 24.3 Å². The van der Waals surface area contributed by atoms with Crippen LogP contribution < -0.4 is 10.2 Å². The van der Waals surface area contributed by atoms with Gasteiger partial charge in [-0.15, -0.1) is 0 Å². The number of amides is 1. The molecular formula is C28H29N5O. The molecule has 1 fully saturated rings. The van der Waals surface area contributed by atoms with E-state index in [0.717, 1.165) is 48.5 Å². The number of aryl methyl sites for hydroxylation is 2. The molecule has 5 rings (SSSR count). The van der Waals surface area contributed by atoms with Crippen molar-refractivity contribution in [2.45, 2.75) is 20.8 Å². The second-order valence-electron chi connectivity index (χ2n) is 8.90. The van der Waals surface area contributed by atoms with Crippen LogP contribution in [0.2, 0.25) is 0 Å². The van der Waals surface area contributed by atoms with Crippen molar-refractivity contribution in [3.63, 3.8) is 0 Å². The van der Waals surface area contributed by atoms with Gasteiger partial charge in [-0.05, 0) is 72.5 Å².